The molecule has 0 amide bonds. The second kappa shape index (κ2) is 4.33. The van der Waals surface area contributed by atoms with Gasteiger partial charge >= 0.3 is 0 Å². The Labute approximate surface area is 87.0 Å². The molecular weight excluding hydrogens is 172 g/mol. The van der Waals surface area contributed by atoms with Crippen LogP contribution in [0, 0.1) is 11.8 Å². The van der Waals surface area contributed by atoms with Crippen LogP contribution >= 0.6 is 0 Å². The number of hydrogen-bond donors (Lipinski definition) is 1. The monoisotopic (exact) mass is 194 g/mol. The smallest absolute Gasteiger partial charge is 0.0971 e. The third-order valence-corrected chi connectivity index (χ3v) is 3.72. The van der Waals surface area contributed by atoms with E-state index in [4.69, 9.17) is 5.73 Å². The van der Waals surface area contributed by atoms with Gasteiger partial charge in [0, 0.05) is 5.92 Å². The van der Waals surface area contributed by atoms with Crippen molar-refractivity contribution in [3.8, 4) is 0 Å². The normalized spacial score (nSPS) is 34.5. The molecule has 0 bridgehead atoms. The molecule has 2 aliphatic rings. The molecule has 2 N–H and O–H groups in total. The Morgan fingerprint density at radius 2 is 1.79 bits per heavy atom. The molecule has 0 heterocycles. The van der Waals surface area contributed by atoms with Crippen LogP contribution in [0.25, 0.3) is 0 Å². The molecule has 2 aliphatic carbocycles. The lowest BCUT2D eigenvalue weighted by atomic mass is 9.85. The van der Waals surface area contributed by atoms with E-state index >= 15 is 0 Å². The topological polar surface area (TPSA) is 38.4 Å². The lowest BCUT2D eigenvalue weighted by Crippen LogP contribution is -2.22. The fourth-order valence-electron chi connectivity index (χ4n) is 2.38. The molecule has 0 unspecified atom stereocenters. The molecule has 0 aromatic rings. The summed E-state index contributed by atoms with van der Waals surface area (Å²) in [6.07, 6.45) is 9.16. The van der Waals surface area contributed by atoms with Crippen molar-refractivity contribution in [3.63, 3.8) is 0 Å². The largest absolute Gasteiger partial charge is 0.387 e. The standard InChI is InChI=1S/C12H22N2/c1-2-9-3-7-11(8-4-9)14-12(13)10-5-6-10/h9-11H,2-8H2,1H3,(H2,13,14). The Morgan fingerprint density at radius 3 is 2.29 bits per heavy atom. The fourth-order valence-corrected chi connectivity index (χ4v) is 2.38. The maximum absolute atomic E-state index is 5.93. The van der Waals surface area contributed by atoms with Gasteiger partial charge in [0.25, 0.3) is 0 Å². The van der Waals surface area contributed by atoms with E-state index < -0.39 is 0 Å². The van der Waals surface area contributed by atoms with Crippen LogP contribution in [0.3, 0.4) is 0 Å². The van der Waals surface area contributed by atoms with Crippen LogP contribution in [0.5, 0.6) is 0 Å². The Kier molecular flexibility index (Phi) is 3.09. The van der Waals surface area contributed by atoms with Gasteiger partial charge in [0.15, 0.2) is 0 Å². The second-order valence-electron chi connectivity index (χ2n) is 4.91. The summed E-state index contributed by atoms with van der Waals surface area (Å²) in [5.41, 5.74) is 5.93. The Morgan fingerprint density at radius 1 is 1.14 bits per heavy atom. The van der Waals surface area contributed by atoms with Crippen molar-refractivity contribution in [2.24, 2.45) is 22.6 Å². The van der Waals surface area contributed by atoms with Crippen LogP contribution in [0.1, 0.15) is 51.9 Å². The first kappa shape index (κ1) is 10.0. The lowest BCUT2D eigenvalue weighted by Gasteiger charge is -2.25. The highest BCUT2D eigenvalue weighted by atomic mass is 14.9. The Hall–Kier alpha value is -0.530. The lowest BCUT2D eigenvalue weighted by molar-refractivity contribution is 0.320. The van der Waals surface area contributed by atoms with Gasteiger partial charge in [-0.25, -0.2) is 0 Å². The van der Waals surface area contributed by atoms with E-state index in [1.807, 2.05) is 0 Å². The summed E-state index contributed by atoms with van der Waals surface area (Å²) in [5, 5.41) is 0. The Balaban J connectivity index is 1.80. The molecule has 0 radical (unpaired) electrons. The highest BCUT2D eigenvalue weighted by molar-refractivity contribution is 5.85. The third-order valence-electron chi connectivity index (χ3n) is 3.72. The van der Waals surface area contributed by atoms with Gasteiger partial charge in [-0.2, -0.15) is 0 Å². The quantitative estimate of drug-likeness (QED) is 0.544. The zero-order valence-electron chi connectivity index (χ0n) is 9.21. The van der Waals surface area contributed by atoms with E-state index in [1.54, 1.807) is 0 Å². The van der Waals surface area contributed by atoms with Crippen molar-refractivity contribution in [1.82, 2.24) is 0 Å². The first-order valence-electron chi connectivity index (χ1n) is 6.12. The van der Waals surface area contributed by atoms with Gasteiger partial charge in [-0.05, 0) is 44.4 Å². The fraction of sp³-hybridized carbons (Fsp3) is 0.917. The van der Waals surface area contributed by atoms with Gasteiger partial charge in [0.05, 0.1) is 11.9 Å². The van der Waals surface area contributed by atoms with Crippen LogP contribution in [0.2, 0.25) is 0 Å². The summed E-state index contributed by atoms with van der Waals surface area (Å²) in [5.74, 6) is 2.56. The number of hydrogen-bond acceptors (Lipinski definition) is 1. The summed E-state index contributed by atoms with van der Waals surface area (Å²) in [7, 11) is 0. The maximum Gasteiger partial charge on any atom is 0.0971 e. The average Bonchev–Trinajstić information content (AvgIpc) is 3.02. The number of nitrogens with zero attached hydrogens (tertiary/aromatic N) is 1. The molecular formula is C12H22N2. The van der Waals surface area contributed by atoms with Gasteiger partial charge in [-0.3, -0.25) is 4.99 Å². The first-order valence-corrected chi connectivity index (χ1v) is 6.12. The van der Waals surface area contributed by atoms with Crippen LogP contribution in [-0.4, -0.2) is 11.9 Å². The van der Waals surface area contributed by atoms with Crippen LogP contribution in [-0.2, 0) is 0 Å². The third kappa shape index (κ3) is 2.49. The molecule has 0 aliphatic heterocycles. The van der Waals surface area contributed by atoms with Crippen molar-refractivity contribution in [3.05, 3.63) is 0 Å². The summed E-state index contributed by atoms with van der Waals surface area (Å²) >= 11 is 0. The first-order chi connectivity index (χ1) is 6.79. The predicted octanol–water partition coefficient (Wildman–Crippen LogP) is 2.72. The van der Waals surface area contributed by atoms with E-state index in [9.17, 15) is 0 Å². The van der Waals surface area contributed by atoms with E-state index in [1.165, 1.54) is 44.9 Å². The highest BCUT2D eigenvalue weighted by Crippen LogP contribution is 2.32. The minimum absolute atomic E-state index is 0.554. The van der Waals surface area contributed by atoms with Crippen molar-refractivity contribution < 1.29 is 0 Å². The minimum Gasteiger partial charge on any atom is -0.387 e. The molecule has 14 heavy (non-hydrogen) atoms. The van der Waals surface area contributed by atoms with E-state index in [2.05, 4.69) is 11.9 Å². The molecule has 0 spiro atoms. The molecule has 2 nitrogen and oxygen atoms in total. The van der Waals surface area contributed by atoms with Crippen molar-refractivity contribution in [2.45, 2.75) is 57.9 Å². The molecule has 0 aromatic carbocycles. The number of amidine groups is 1. The molecule has 2 rings (SSSR count). The maximum atomic E-state index is 5.93. The van der Waals surface area contributed by atoms with Gasteiger partial charge in [0.2, 0.25) is 0 Å². The molecule has 0 aromatic heterocycles. The zero-order chi connectivity index (χ0) is 9.97. The summed E-state index contributed by atoms with van der Waals surface area (Å²) in [6.45, 7) is 2.30. The SMILES string of the molecule is CCC1CCC(N=C(N)C2CC2)CC1. The molecule has 2 fully saturated rings. The van der Waals surface area contributed by atoms with Gasteiger partial charge < -0.3 is 5.73 Å². The van der Waals surface area contributed by atoms with Crippen molar-refractivity contribution >= 4 is 5.84 Å². The predicted molar refractivity (Wildman–Crippen MR) is 60.4 cm³/mol. The molecule has 0 atom stereocenters. The van der Waals surface area contributed by atoms with Crippen LogP contribution in [0.4, 0.5) is 0 Å². The molecule has 2 heteroatoms. The Bertz CT molecular complexity index is 210. The average molecular weight is 194 g/mol. The van der Waals surface area contributed by atoms with E-state index in [-0.39, 0.29) is 0 Å². The molecule has 2 saturated carbocycles. The van der Waals surface area contributed by atoms with E-state index in [0.29, 0.717) is 12.0 Å². The minimum atomic E-state index is 0.554. The van der Waals surface area contributed by atoms with Crippen LogP contribution < -0.4 is 5.73 Å². The van der Waals surface area contributed by atoms with Crippen molar-refractivity contribution in [1.29, 1.82) is 0 Å². The molecule has 0 saturated heterocycles. The zero-order valence-corrected chi connectivity index (χ0v) is 9.21. The number of nitrogens with two attached hydrogens (primary N) is 1. The summed E-state index contributed by atoms with van der Waals surface area (Å²) in [4.78, 5) is 4.66. The number of aliphatic imine (C=N–C) groups is 1. The summed E-state index contributed by atoms with van der Waals surface area (Å²) in [6, 6.07) is 0.554. The summed E-state index contributed by atoms with van der Waals surface area (Å²) < 4.78 is 0. The highest BCUT2D eigenvalue weighted by Gasteiger charge is 2.27. The number of rotatable bonds is 3. The molecule has 80 valence electrons. The van der Waals surface area contributed by atoms with Gasteiger partial charge in [0.1, 0.15) is 0 Å². The van der Waals surface area contributed by atoms with Gasteiger partial charge in [-0.1, -0.05) is 13.3 Å². The second-order valence-corrected chi connectivity index (χ2v) is 4.91. The van der Waals surface area contributed by atoms with Gasteiger partial charge in [-0.15, -0.1) is 0 Å². The van der Waals surface area contributed by atoms with E-state index in [0.717, 1.165) is 11.8 Å². The van der Waals surface area contributed by atoms with Crippen molar-refractivity contribution in [2.75, 3.05) is 0 Å². The van der Waals surface area contributed by atoms with Crippen LogP contribution in [0.15, 0.2) is 4.99 Å².